The average Bonchev–Trinajstić information content (AvgIpc) is 3.83. The first-order chi connectivity index (χ1) is 27.8. The molecule has 264 valence electrons. The zero-order valence-electron chi connectivity index (χ0n) is 30.4. The van der Waals surface area contributed by atoms with Crippen LogP contribution in [-0.4, -0.2) is 10.3 Å². The van der Waals surface area contributed by atoms with E-state index in [9.17, 15) is 0 Å². The van der Waals surface area contributed by atoms with Gasteiger partial charge in [0.25, 0.3) is 0 Å². The fourth-order valence-corrected chi connectivity index (χ4v) is 8.43. The summed E-state index contributed by atoms with van der Waals surface area (Å²) in [6.45, 7) is 0. The summed E-state index contributed by atoms with van der Waals surface area (Å²) in [6, 6.07) is 68.6. The highest BCUT2D eigenvalue weighted by Gasteiger charge is 2.24. The number of nitrogens with zero attached hydrogens (tertiary/aromatic N) is 2. The summed E-state index contributed by atoms with van der Waals surface area (Å²) in [7, 11) is 0. The van der Waals surface area contributed by atoms with Crippen LogP contribution in [0.1, 0.15) is 22.9 Å². The lowest BCUT2D eigenvalue weighted by Crippen LogP contribution is -2.25. The number of benzene rings is 8. The Morgan fingerprint density at radius 1 is 0.482 bits per heavy atom. The SMILES string of the molecule is C1=C(c2ccccc2)NC(c2cccc(-c3ccccc3)c2)N=C1c1cccc2c1oc1cccc(-c3ccc4c(c3)c3ccccc3n4-c3ccccc3)c12. The maximum atomic E-state index is 6.84. The van der Waals surface area contributed by atoms with Crippen molar-refractivity contribution < 1.29 is 4.42 Å². The van der Waals surface area contributed by atoms with Gasteiger partial charge in [0.1, 0.15) is 17.3 Å². The first-order valence-corrected chi connectivity index (χ1v) is 19.1. The van der Waals surface area contributed by atoms with E-state index in [1.807, 2.05) is 0 Å². The Labute approximate surface area is 324 Å². The third kappa shape index (κ3) is 5.34. The highest BCUT2D eigenvalue weighted by atomic mass is 16.3. The summed E-state index contributed by atoms with van der Waals surface area (Å²) < 4.78 is 9.20. The lowest BCUT2D eigenvalue weighted by Gasteiger charge is -2.25. The van der Waals surface area contributed by atoms with Crippen molar-refractivity contribution in [3.8, 4) is 27.9 Å². The summed E-state index contributed by atoms with van der Waals surface area (Å²) in [5.74, 6) is 0. The van der Waals surface area contributed by atoms with Crippen molar-refractivity contribution in [2.75, 3.05) is 0 Å². The molecule has 4 heteroatoms. The Morgan fingerprint density at radius 3 is 1.98 bits per heavy atom. The Hall–Kier alpha value is -7.43. The highest BCUT2D eigenvalue weighted by molar-refractivity contribution is 6.23. The fourth-order valence-electron chi connectivity index (χ4n) is 8.43. The molecule has 1 aliphatic rings. The molecule has 10 aromatic rings. The monoisotopic (exact) mass is 717 g/mol. The van der Waals surface area contributed by atoms with Crippen molar-refractivity contribution in [3.05, 3.63) is 217 Å². The number of allylic oxidation sites excluding steroid dienone is 1. The lowest BCUT2D eigenvalue weighted by molar-refractivity contribution is 0.659. The maximum absolute atomic E-state index is 6.84. The Kier molecular flexibility index (Phi) is 7.52. The molecule has 0 saturated heterocycles. The van der Waals surface area contributed by atoms with Gasteiger partial charge in [0.05, 0.1) is 16.7 Å². The summed E-state index contributed by atoms with van der Waals surface area (Å²) in [5.41, 5.74) is 14.9. The maximum Gasteiger partial charge on any atom is 0.145 e. The molecule has 11 rings (SSSR count). The van der Waals surface area contributed by atoms with Crippen LogP contribution in [0.3, 0.4) is 0 Å². The highest BCUT2D eigenvalue weighted by Crippen LogP contribution is 2.41. The van der Waals surface area contributed by atoms with Crippen LogP contribution in [0.15, 0.2) is 210 Å². The van der Waals surface area contributed by atoms with Gasteiger partial charge in [-0.1, -0.05) is 146 Å². The van der Waals surface area contributed by atoms with E-state index in [0.29, 0.717) is 0 Å². The minimum atomic E-state index is -0.297. The van der Waals surface area contributed by atoms with Gasteiger partial charge in [-0.2, -0.15) is 0 Å². The van der Waals surface area contributed by atoms with E-state index in [0.717, 1.165) is 72.4 Å². The van der Waals surface area contributed by atoms with Gasteiger partial charge in [-0.15, -0.1) is 0 Å². The van der Waals surface area contributed by atoms with E-state index < -0.39 is 0 Å². The van der Waals surface area contributed by atoms with Crippen LogP contribution in [0.4, 0.5) is 0 Å². The van der Waals surface area contributed by atoms with Gasteiger partial charge in [-0.05, 0) is 88.0 Å². The molecule has 1 aliphatic heterocycles. The number of furan rings is 1. The first kappa shape index (κ1) is 32.0. The zero-order chi connectivity index (χ0) is 37.0. The van der Waals surface area contributed by atoms with Crippen LogP contribution in [0, 0.1) is 0 Å². The molecule has 1 atom stereocenters. The molecule has 3 heterocycles. The van der Waals surface area contributed by atoms with Crippen LogP contribution in [0.25, 0.3) is 77.4 Å². The Bertz CT molecular complexity index is 3150. The molecule has 1 unspecified atom stereocenters. The van der Waals surface area contributed by atoms with Crippen LogP contribution in [-0.2, 0) is 0 Å². The van der Waals surface area contributed by atoms with Crippen molar-refractivity contribution in [2.24, 2.45) is 4.99 Å². The molecule has 0 aliphatic carbocycles. The van der Waals surface area contributed by atoms with Gasteiger partial charge in [-0.3, -0.25) is 4.99 Å². The molecule has 0 fully saturated rings. The van der Waals surface area contributed by atoms with Crippen molar-refractivity contribution in [3.63, 3.8) is 0 Å². The number of aliphatic imine (C=N–C) groups is 1. The second-order valence-electron chi connectivity index (χ2n) is 14.4. The van der Waals surface area contributed by atoms with Gasteiger partial charge in [-0.25, -0.2) is 0 Å². The van der Waals surface area contributed by atoms with Crippen LogP contribution in [0.2, 0.25) is 0 Å². The molecule has 2 aromatic heterocycles. The summed E-state index contributed by atoms with van der Waals surface area (Å²) in [5, 5.41) is 8.37. The molecule has 1 N–H and O–H groups in total. The molecule has 4 nitrogen and oxygen atoms in total. The molecule has 0 bridgehead atoms. The zero-order valence-corrected chi connectivity index (χ0v) is 30.4. The molecule has 0 radical (unpaired) electrons. The van der Waals surface area contributed by atoms with Gasteiger partial charge in [0, 0.05) is 38.5 Å². The smallest absolute Gasteiger partial charge is 0.145 e. The quantitative estimate of drug-likeness (QED) is 0.186. The van der Waals surface area contributed by atoms with E-state index in [-0.39, 0.29) is 6.17 Å². The molecular formula is C52H35N3O. The minimum absolute atomic E-state index is 0.297. The Balaban J connectivity index is 1.07. The number of fused-ring (bicyclic) bond motifs is 6. The molecule has 0 spiro atoms. The van der Waals surface area contributed by atoms with Crippen molar-refractivity contribution in [1.29, 1.82) is 0 Å². The summed E-state index contributed by atoms with van der Waals surface area (Å²) >= 11 is 0. The topological polar surface area (TPSA) is 42.5 Å². The first-order valence-electron chi connectivity index (χ1n) is 19.1. The third-order valence-electron chi connectivity index (χ3n) is 11.0. The van der Waals surface area contributed by atoms with E-state index in [2.05, 4.69) is 210 Å². The predicted octanol–water partition coefficient (Wildman–Crippen LogP) is 13.1. The van der Waals surface area contributed by atoms with E-state index >= 15 is 0 Å². The second-order valence-corrected chi connectivity index (χ2v) is 14.4. The number of nitrogens with one attached hydrogen (secondary N) is 1. The average molecular weight is 718 g/mol. The lowest BCUT2D eigenvalue weighted by atomic mass is 9.96. The van der Waals surface area contributed by atoms with E-state index in [1.165, 1.54) is 27.4 Å². The van der Waals surface area contributed by atoms with Gasteiger partial charge in [0.15, 0.2) is 0 Å². The summed E-state index contributed by atoms with van der Waals surface area (Å²) in [4.78, 5) is 5.39. The van der Waals surface area contributed by atoms with Crippen LogP contribution in [0.5, 0.6) is 0 Å². The molecule has 0 saturated carbocycles. The largest absolute Gasteiger partial charge is 0.455 e. The van der Waals surface area contributed by atoms with Crippen LogP contribution >= 0.6 is 0 Å². The number of aromatic nitrogens is 1. The number of hydrogen-bond acceptors (Lipinski definition) is 3. The third-order valence-corrected chi connectivity index (χ3v) is 11.0. The fraction of sp³-hybridized carbons (Fsp3) is 0.0192. The van der Waals surface area contributed by atoms with E-state index in [4.69, 9.17) is 9.41 Å². The molecule has 56 heavy (non-hydrogen) atoms. The van der Waals surface area contributed by atoms with Gasteiger partial charge >= 0.3 is 0 Å². The van der Waals surface area contributed by atoms with Crippen molar-refractivity contribution in [1.82, 2.24) is 9.88 Å². The van der Waals surface area contributed by atoms with E-state index in [1.54, 1.807) is 0 Å². The number of rotatable bonds is 6. The normalized spacial score (nSPS) is 14.2. The van der Waals surface area contributed by atoms with Crippen molar-refractivity contribution in [2.45, 2.75) is 6.17 Å². The molecule has 0 amide bonds. The van der Waals surface area contributed by atoms with Gasteiger partial charge in [0.2, 0.25) is 0 Å². The van der Waals surface area contributed by atoms with Crippen molar-refractivity contribution >= 4 is 55.2 Å². The van der Waals surface area contributed by atoms with Gasteiger partial charge < -0.3 is 14.3 Å². The van der Waals surface area contributed by atoms with Crippen LogP contribution < -0.4 is 5.32 Å². The summed E-state index contributed by atoms with van der Waals surface area (Å²) in [6.07, 6.45) is 1.86. The molecular weight excluding hydrogens is 683 g/mol. The number of para-hydroxylation sites is 3. The standard InChI is InChI=1S/C52H35N3O/c1-4-15-34(16-5-1)36-19-12-20-38(31-36)52-53-45(35-17-6-2-7-18-35)33-46(54-52)42-25-13-26-43-50-40(24-14-28-49(50)56-51(42)43)37-29-30-48-44(32-37)41-23-10-11-27-47(41)55(48)39-21-8-3-9-22-39/h1-33,52-53H. The predicted molar refractivity (Wildman–Crippen MR) is 232 cm³/mol. The Morgan fingerprint density at radius 2 is 1.14 bits per heavy atom. The second kappa shape index (κ2) is 13.2. The molecule has 8 aromatic carbocycles. The number of hydrogen-bond donors (Lipinski definition) is 1. The minimum Gasteiger partial charge on any atom is -0.455 e.